The average Bonchev–Trinajstić information content (AvgIpc) is 2.24. The molecule has 1 saturated carbocycles. The topological polar surface area (TPSA) is 0 Å². The SMILES string of the molecule is CCC1CCC(C)CC(CC)C(C)C1C. The Morgan fingerprint density at radius 1 is 0.800 bits per heavy atom. The standard InChI is InChI=1S/C15H30/c1-6-14-9-8-11(3)10-15(7-2)13(5)12(14)4/h11-15H,6-10H2,1-5H3. The first kappa shape index (κ1) is 13.1. The van der Waals surface area contributed by atoms with Crippen molar-refractivity contribution in [2.75, 3.05) is 0 Å². The van der Waals surface area contributed by atoms with Crippen molar-refractivity contribution in [2.45, 2.75) is 66.7 Å². The molecule has 0 aromatic carbocycles. The van der Waals surface area contributed by atoms with Gasteiger partial charge in [0.1, 0.15) is 0 Å². The Labute approximate surface area is 96.8 Å². The quantitative estimate of drug-likeness (QED) is 0.592. The fraction of sp³-hybridized carbons (Fsp3) is 1.00. The molecular weight excluding hydrogens is 180 g/mol. The zero-order valence-electron chi connectivity index (χ0n) is 11.4. The van der Waals surface area contributed by atoms with Crippen LogP contribution in [0.5, 0.6) is 0 Å². The highest BCUT2D eigenvalue weighted by atomic mass is 14.4. The largest absolute Gasteiger partial charge is 0.0651 e. The van der Waals surface area contributed by atoms with E-state index >= 15 is 0 Å². The minimum absolute atomic E-state index is 0.933. The fourth-order valence-corrected chi connectivity index (χ4v) is 3.58. The highest BCUT2D eigenvalue weighted by molar-refractivity contribution is 4.80. The van der Waals surface area contributed by atoms with E-state index < -0.39 is 0 Å². The first-order valence-corrected chi connectivity index (χ1v) is 7.10. The second-order valence-corrected chi connectivity index (χ2v) is 5.97. The van der Waals surface area contributed by atoms with Crippen LogP contribution in [0.1, 0.15) is 66.7 Å². The van der Waals surface area contributed by atoms with E-state index in [1.54, 1.807) is 0 Å². The van der Waals surface area contributed by atoms with Crippen molar-refractivity contribution in [2.24, 2.45) is 29.6 Å². The van der Waals surface area contributed by atoms with Crippen LogP contribution in [0, 0.1) is 29.6 Å². The van der Waals surface area contributed by atoms with E-state index in [0.717, 1.165) is 29.6 Å². The average molecular weight is 210 g/mol. The molecule has 0 nitrogen and oxygen atoms in total. The lowest BCUT2D eigenvalue weighted by Gasteiger charge is -2.38. The van der Waals surface area contributed by atoms with Crippen LogP contribution in [0.4, 0.5) is 0 Å². The molecule has 0 aliphatic heterocycles. The van der Waals surface area contributed by atoms with Crippen molar-refractivity contribution < 1.29 is 0 Å². The summed E-state index contributed by atoms with van der Waals surface area (Å²) < 4.78 is 0. The monoisotopic (exact) mass is 210 g/mol. The summed E-state index contributed by atoms with van der Waals surface area (Å²) in [6, 6.07) is 0. The van der Waals surface area contributed by atoms with Gasteiger partial charge in [-0.1, -0.05) is 53.9 Å². The van der Waals surface area contributed by atoms with Gasteiger partial charge in [0, 0.05) is 0 Å². The normalized spacial score (nSPS) is 43.4. The molecule has 15 heavy (non-hydrogen) atoms. The van der Waals surface area contributed by atoms with E-state index in [2.05, 4.69) is 34.6 Å². The van der Waals surface area contributed by atoms with Crippen LogP contribution in [0.15, 0.2) is 0 Å². The molecule has 0 aromatic rings. The Morgan fingerprint density at radius 2 is 1.33 bits per heavy atom. The molecule has 0 heterocycles. The van der Waals surface area contributed by atoms with Gasteiger partial charge in [-0.15, -0.1) is 0 Å². The Kier molecular flexibility index (Phi) is 5.15. The van der Waals surface area contributed by atoms with Crippen molar-refractivity contribution >= 4 is 0 Å². The highest BCUT2D eigenvalue weighted by Crippen LogP contribution is 2.39. The van der Waals surface area contributed by atoms with Crippen LogP contribution in [0.2, 0.25) is 0 Å². The Bertz CT molecular complexity index is 171. The highest BCUT2D eigenvalue weighted by Gasteiger charge is 2.30. The molecule has 0 spiro atoms. The van der Waals surface area contributed by atoms with Gasteiger partial charge in [-0.3, -0.25) is 0 Å². The predicted molar refractivity (Wildman–Crippen MR) is 68.9 cm³/mol. The molecule has 1 aliphatic carbocycles. The van der Waals surface area contributed by atoms with Crippen LogP contribution >= 0.6 is 0 Å². The third-order valence-corrected chi connectivity index (χ3v) is 5.10. The summed E-state index contributed by atoms with van der Waals surface area (Å²) in [6.45, 7) is 12.2. The zero-order valence-corrected chi connectivity index (χ0v) is 11.4. The van der Waals surface area contributed by atoms with E-state index in [9.17, 15) is 0 Å². The summed E-state index contributed by atoms with van der Waals surface area (Å²) in [5.74, 6) is 4.79. The van der Waals surface area contributed by atoms with Crippen LogP contribution in [-0.4, -0.2) is 0 Å². The second kappa shape index (κ2) is 5.92. The molecule has 0 aromatic heterocycles. The number of hydrogen-bond acceptors (Lipinski definition) is 0. The van der Waals surface area contributed by atoms with Crippen molar-refractivity contribution in [1.82, 2.24) is 0 Å². The molecule has 0 saturated heterocycles. The summed E-state index contributed by atoms with van der Waals surface area (Å²) in [5.41, 5.74) is 0. The summed E-state index contributed by atoms with van der Waals surface area (Å²) in [5, 5.41) is 0. The summed E-state index contributed by atoms with van der Waals surface area (Å²) >= 11 is 0. The Morgan fingerprint density at radius 3 is 1.87 bits per heavy atom. The molecule has 1 aliphatic rings. The third-order valence-electron chi connectivity index (χ3n) is 5.10. The molecule has 90 valence electrons. The van der Waals surface area contributed by atoms with E-state index in [0.29, 0.717) is 0 Å². The van der Waals surface area contributed by atoms with E-state index in [4.69, 9.17) is 0 Å². The van der Waals surface area contributed by atoms with Gasteiger partial charge in [-0.2, -0.15) is 0 Å². The summed E-state index contributed by atoms with van der Waals surface area (Å²) in [6.07, 6.45) is 7.17. The third kappa shape index (κ3) is 3.23. The van der Waals surface area contributed by atoms with Gasteiger partial charge in [0.15, 0.2) is 0 Å². The number of hydrogen-bond donors (Lipinski definition) is 0. The van der Waals surface area contributed by atoms with Gasteiger partial charge < -0.3 is 0 Å². The smallest absolute Gasteiger partial charge is 0.0386 e. The van der Waals surface area contributed by atoms with Gasteiger partial charge in [-0.25, -0.2) is 0 Å². The van der Waals surface area contributed by atoms with E-state index in [1.807, 2.05) is 0 Å². The van der Waals surface area contributed by atoms with E-state index in [-0.39, 0.29) is 0 Å². The van der Waals surface area contributed by atoms with Crippen molar-refractivity contribution in [3.8, 4) is 0 Å². The van der Waals surface area contributed by atoms with Crippen LogP contribution in [-0.2, 0) is 0 Å². The Balaban J connectivity index is 2.70. The maximum absolute atomic E-state index is 2.50. The first-order chi connectivity index (χ1) is 7.10. The number of rotatable bonds is 2. The molecule has 0 heteroatoms. The molecule has 1 fully saturated rings. The molecule has 0 amide bonds. The van der Waals surface area contributed by atoms with Gasteiger partial charge >= 0.3 is 0 Å². The molecule has 5 atom stereocenters. The lowest BCUT2D eigenvalue weighted by molar-refractivity contribution is 0.124. The summed E-state index contributed by atoms with van der Waals surface area (Å²) in [7, 11) is 0. The minimum Gasteiger partial charge on any atom is -0.0651 e. The van der Waals surface area contributed by atoms with Gasteiger partial charge in [0.25, 0.3) is 0 Å². The molecule has 0 bridgehead atoms. The fourth-order valence-electron chi connectivity index (χ4n) is 3.58. The van der Waals surface area contributed by atoms with Crippen molar-refractivity contribution in [3.63, 3.8) is 0 Å². The zero-order chi connectivity index (χ0) is 11.4. The molecular formula is C15H30. The second-order valence-electron chi connectivity index (χ2n) is 5.97. The van der Waals surface area contributed by atoms with Crippen molar-refractivity contribution in [1.29, 1.82) is 0 Å². The maximum Gasteiger partial charge on any atom is -0.0386 e. The lowest BCUT2D eigenvalue weighted by Crippen LogP contribution is -2.29. The minimum atomic E-state index is 0.933. The van der Waals surface area contributed by atoms with Crippen LogP contribution < -0.4 is 0 Å². The van der Waals surface area contributed by atoms with Crippen LogP contribution in [0.25, 0.3) is 0 Å². The van der Waals surface area contributed by atoms with Gasteiger partial charge in [0.2, 0.25) is 0 Å². The molecule has 1 rings (SSSR count). The van der Waals surface area contributed by atoms with E-state index in [1.165, 1.54) is 32.1 Å². The molecule has 0 radical (unpaired) electrons. The van der Waals surface area contributed by atoms with Gasteiger partial charge in [0.05, 0.1) is 0 Å². The molecule has 0 N–H and O–H groups in total. The lowest BCUT2D eigenvalue weighted by atomic mass is 9.68. The molecule has 5 unspecified atom stereocenters. The van der Waals surface area contributed by atoms with Gasteiger partial charge in [-0.05, 0) is 42.4 Å². The summed E-state index contributed by atoms with van der Waals surface area (Å²) in [4.78, 5) is 0. The van der Waals surface area contributed by atoms with Crippen LogP contribution in [0.3, 0.4) is 0 Å². The maximum atomic E-state index is 2.50. The first-order valence-electron chi connectivity index (χ1n) is 7.10. The predicted octanol–water partition coefficient (Wildman–Crippen LogP) is 5.13. The van der Waals surface area contributed by atoms with Crippen molar-refractivity contribution in [3.05, 3.63) is 0 Å². The Hall–Kier alpha value is 0.